The van der Waals surface area contributed by atoms with E-state index in [1.54, 1.807) is 24.3 Å². The Balaban J connectivity index is 0.000000148. The van der Waals surface area contributed by atoms with Crippen LogP contribution in [0.1, 0.15) is 180 Å². The van der Waals surface area contributed by atoms with Gasteiger partial charge in [-0.15, -0.1) is 0 Å². The van der Waals surface area contributed by atoms with Crippen LogP contribution in [0.25, 0.3) is 0 Å². The minimum Gasteiger partial charge on any atom is -0.490 e. The van der Waals surface area contributed by atoms with Crippen molar-refractivity contribution < 1.29 is 65.8 Å². The molecule has 11 aromatic carbocycles. The molecule has 1 N–H and O–H groups in total. The summed E-state index contributed by atoms with van der Waals surface area (Å²) in [5.74, 6) is 3.53. The van der Waals surface area contributed by atoms with Gasteiger partial charge in [0, 0.05) is 61.7 Å². The van der Waals surface area contributed by atoms with Crippen molar-refractivity contribution in [1.29, 1.82) is 0 Å². The molecule has 7 aliphatic rings. The fourth-order valence-corrected chi connectivity index (χ4v) is 22.0. The summed E-state index contributed by atoms with van der Waals surface area (Å²) in [5, 5.41) is 11.4. The zero-order valence-electron chi connectivity index (χ0n) is 80.2. The number of nitrogens with zero attached hydrogens (tertiary/aromatic N) is 4. The molecule has 15 nitrogen and oxygen atoms in total. The Kier molecular flexibility index (Phi) is 38.7. The monoisotopic (exact) mass is 2370 g/mol. The first-order chi connectivity index (χ1) is 66.1. The van der Waals surface area contributed by atoms with E-state index < -0.39 is 23.1 Å². The van der Waals surface area contributed by atoms with Gasteiger partial charge < -0.3 is 53.0 Å². The van der Waals surface area contributed by atoms with Crippen LogP contribution in [0.4, 0.5) is 35.9 Å². The van der Waals surface area contributed by atoms with Crippen LogP contribution in [0.3, 0.4) is 0 Å². The molecule has 0 spiro atoms. The molecule has 3 saturated heterocycles. The van der Waals surface area contributed by atoms with Crippen molar-refractivity contribution in [1.82, 2.24) is 0 Å². The average Bonchev–Trinajstić information content (AvgIpc) is 0.751. The minimum atomic E-state index is -4.86. The van der Waals surface area contributed by atoms with Crippen LogP contribution in [-0.2, 0) is 68.5 Å². The molecule has 7 heterocycles. The number of esters is 1. The van der Waals surface area contributed by atoms with E-state index in [9.17, 15) is 32.7 Å². The van der Waals surface area contributed by atoms with Gasteiger partial charge in [-0.05, 0) is 311 Å². The Hall–Kier alpha value is -8.03. The number of benzene rings is 11. The number of hydrogen-bond acceptors (Lipinski definition) is 14. The van der Waals surface area contributed by atoms with Gasteiger partial charge in [-0.1, -0.05) is 270 Å². The SMILES string of the molecule is Brc1ccc(I)cc1Cc1ccc2c(c1)N(Cc1ccccc1)CCO2.CC[C@H]1OC(=O)[C@H](C)[C@@H](C)[C@@H]1C.CC[C@H]1OC(O)(c2ccc(Br)c(Cc3ccc4c(c3)N(Cc3ccccc3)CCO4)c2)[C@H](C)[C@@H](C)[C@@H]1C.CC[C@H]1O[C@@H](c2ccc(Br)c(Cc3ccc4c(c3)N(Cc3ccccc3)CCO4)c2)[C@H](C)[C@@H](C)[C@@H]1C.O=C(Cl)c1cc(I)ccc1Br.O=C(N1CCOc2ccccc21)C(F)(F)F. The maximum atomic E-state index is 12.3. The Morgan fingerprint density at radius 1 is 0.428 bits per heavy atom. The van der Waals surface area contributed by atoms with E-state index in [0.717, 1.165) is 147 Å². The number of amides is 1. The number of cyclic esters (lactones) is 1. The van der Waals surface area contributed by atoms with Gasteiger partial charge >= 0.3 is 18.1 Å². The molecule has 11 aromatic rings. The predicted octanol–water partition coefficient (Wildman–Crippen LogP) is 29.2. The summed E-state index contributed by atoms with van der Waals surface area (Å²) < 4.78 is 84.6. The van der Waals surface area contributed by atoms with Crippen molar-refractivity contribution >= 4 is 160 Å². The topological polar surface area (TPSA) is 149 Å². The number of alkyl halides is 3. The van der Waals surface area contributed by atoms with Crippen LogP contribution in [0.2, 0.25) is 0 Å². The molecule has 1 amide bonds. The number of halogens is 10. The van der Waals surface area contributed by atoms with E-state index in [1.165, 1.54) is 77.1 Å². The summed E-state index contributed by atoms with van der Waals surface area (Å²) in [5.41, 5.74) is 17.8. The minimum absolute atomic E-state index is 0.00763. The van der Waals surface area contributed by atoms with Gasteiger partial charge in [-0.25, -0.2) is 0 Å². The molecular formula is C113H124Br4ClF3I2N4O11. The number of anilines is 4. The van der Waals surface area contributed by atoms with Crippen molar-refractivity contribution in [2.24, 2.45) is 53.3 Å². The van der Waals surface area contributed by atoms with Gasteiger partial charge in [0.05, 0.1) is 73.2 Å². The molecule has 0 radical (unpaired) electrons. The lowest BCUT2D eigenvalue weighted by molar-refractivity contribution is -0.316. The quantitative estimate of drug-likeness (QED) is 0.0493. The molecule has 25 heteroatoms. The number of aliphatic hydroxyl groups is 1. The number of hydrogen-bond donors (Lipinski definition) is 1. The van der Waals surface area contributed by atoms with Crippen molar-refractivity contribution in [2.45, 2.75) is 178 Å². The number of carbonyl (C=O) groups is 3. The molecule has 0 saturated carbocycles. The van der Waals surface area contributed by atoms with Crippen LogP contribution in [0.15, 0.2) is 261 Å². The lowest BCUT2D eigenvalue weighted by Gasteiger charge is -2.49. The van der Waals surface area contributed by atoms with E-state index >= 15 is 0 Å². The van der Waals surface area contributed by atoms with Gasteiger partial charge in [0.2, 0.25) is 0 Å². The molecule has 1 unspecified atom stereocenters. The second-order valence-electron chi connectivity index (χ2n) is 37.0. The predicted molar refractivity (Wildman–Crippen MR) is 579 cm³/mol. The van der Waals surface area contributed by atoms with Crippen LogP contribution < -0.4 is 38.5 Å². The Morgan fingerprint density at radius 3 is 1.30 bits per heavy atom. The Morgan fingerprint density at radius 2 is 0.833 bits per heavy atom. The van der Waals surface area contributed by atoms with Crippen molar-refractivity contribution in [3.63, 3.8) is 0 Å². The highest BCUT2D eigenvalue weighted by atomic mass is 127. The highest BCUT2D eigenvalue weighted by molar-refractivity contribution is 14.1. The number of carbonyl (C=O) groups excluding carboxylic acids is 3. The molecule has 732 valence electrons. The maximum absolute atomic E-state index is 12.3. The van der Waals surface area contributed by atoms with Crippen molar-refractivity contribution in [3.05, 3.63) is 334 Å². The third-order valence-electron chi connectivity index (χ3n) is 28.3. The number of rotatable bonds is 18. The first-order valence-corrected chi connectivity index (χ1v) is 53.5. The number of ether oxygens (including phenoxy) is 7. The van der Waals surface area contributed by atoms with E-state index in [1.807, 2.05) is 25.1 Å². The molecule has 7 aliphatic heterocycles. The number of para-hydroxylation sites is 2. The van der Waals surface area contributed by atoms with Crippen molar-refractivity contribution in [2.75, 3.05) is 72.2 Å². The molecule has 18 rings (SSSR count). The third kappa shape index (κ3) is 27.3. The van der Waals surface area contributed by atoms with Gasteiger partial charge in [0.15, 0.2) is 5.79 Å². The average molecular weight is 2380 g/mol. The lowest BCUT2D eigenvalue weighted by Crippen LogP contribution is -2.51. The van der Waals surface area contributed by atoms with Gasteiger partial charge in [0.25, 0.3) is 5.24 Å². The molecule has 0 aliphatic carbocycles. The summed E-state index contributed by atoms with van der Waals surface area (Å²) in [4.78, 5) is 41.1. The van der Waals surface area contributed by atoms with Crippen molar-refractivity contribution in [3.8, 4) is 23.0 Å². The van der Waals surface area contributed by atoms with E-state index in [4.69, 9.17) is 44.8 Å². The smallest absolute Gasteiger partial charge is 0.471 e. The maximum Gasteiger partial charge on any atom is 0.471 e. The molecule has 14 atom stereocenters. The molecule has 3 fully saturated rings. The first kappa shape index (κ1) is 107. The largest absolute Gasteiger partial charge is 0.490 e. The molecular weight excluding hydrogens is 2260 g/mol. The third-order valence-corrected chi connectivity index (χ3v) is 32.8. The number of fused-ring (bicyclic) bond motifs is 4. The summed E-state index contributed by atoms with van der Waals surface area (Å²) in [7, 11) is 0. The Bertz CT molecular complexity index is 5930. The molecule has 0 bridgehead atoms. The Labute approximate surface area is 878 Å². The van der Waals surface area contributed by atoms with Crippen LogP contribution in [0.5, 0.6) is 23.0 Å². The highest BCUT2D eigenvalue weighted by Crippen LogP contribution is 2.50. The van der Waals surface area contributed by atoms with Gasteiger partial charge in [-0.2, -0.15) is 13.2 Å². The fraction of sp³-hybridized carbons (Fsp3) is 0.389. The zero-order valence-corrected chi connectivity index (χ0v) is 91.6. The van der Waals surface area contributed by atoms with E-state index in [0.29, 0.717) is 70.3 Å². The molecule has 0 aromatic heterocycles. The second-order valence-corrected chi connectivity index (χ2v) is 43.3. The summed E-state index contributed by atoms with van der Waals surface area (Å²) in [6.07, 6.45) is 1.20. The standard InChI is InChI=1S/C32H38BrNO3.C32H38BrNO2.C22H19BrINO.C10H8F3NO2.C10H18O2.C7H3BrClIO/c1-5-30-22(3)21(2)23(4)32(35,37-30)27-12-13-28(33)26(19-27)17-25-11-14-31-29(18-25)34(15-16-36-31)20-24-9-7-6-8-10-24;1-5-30-22(3)21(2)23(4)32(36-30)26-12-13-28(33)27(19-26)17-25-11-14-31-29(18-25)34(15-16-35-31)20-24-9-7-6-8-10-24;23-20-8-7-19(24)14-18(20)12-17-6-9-22-21(13-17)25(10-11-26-22)15-16-4-2-1-3-5-16;11-10(12,13)9(15)14-5-6-16-8-4-2-1-3-7(8)14;1-5-9-7(3)6(2)8(4)10(11)12-9;8-6-2-1-4(10)3-5(6)7(9)11/h6-14,18-19,21-23,30,35H,5,15-17,20H2,1-4H3;6-14,18-19,21-23,30,32H,5,15-17,20H2,1-4H3;1-9,13-14H,10-12,15H2;1-4H,5-6H2;6-9H,5H2,1-4H3;1-3H/t21-,22-,23+,30+,32?;21-,22-,23+,30+,32+;;;6-,7-,8+,9+;/m00..0./s1. The zero-order chi connectivity index (χ0) is 98.8. The van der Waals surface area contributed by atoms with Gasteiger partial charge in [0.1, 0.15) is 55.5 Å². The van der Waals surface area contributed by atoms with Crippen LogP contribution >= 0.6 is 121 Å². The second kappa shape index (κ2) is 49.8. The lowest BCUT2D eigenvalue weighted by atomic mass is 9.72. The highest BCUT2D eigenvalue weighted by Gasteiger charge is 2.50. The fourth-order valence-electron chi connectivity index (χ4n) is 19.1. The first-order valence-electron chi connectivity index (χ1n) is 47.8. The van der Waals surface area contributed by atoms with E-state index in [-0.39, 0.29) is 55.0 Å². The normalized spacial score (nSPS) is 22.8. The van der Waals surface area contributed by atoms with Crippen LogP contribution in [0, 0.1) is 60.4 Å². The van der Waals surface area contributed by atoms with Gasteiger partial charge in [-0.3, -0.25) is 19.3 Å². The summed E-state index contributed by atoms with van der Waals surface area (Å²) >= 11 is 24.3. The van der Waals surface area contributed by atoms with Crippen LogP contribution in [-0.4, -0.2) is 99.3 Å². The molecule has 138 heavy (non-hydrogen) atoms. The summed E-state index contributed by atoms with van der Waals surface area (Å²) in [6, 6.07) is 82.7. The summed E-state index contributed by atoms with van der Waals surface area (Å²) in [6.45, 7) is 33.9. The van der Waals surface area contributed by atoms with E-state index in [2.05, 4.69) is 388 Å².